The van der Waals surface area contributed by atoms with Crippen LogP contribution in [0.4, 0.5) is 5.82 Å². The summed E-state index contributed by atoms with van der Waals surface area (Å²) in [6.07, 6.45) is 0. The molecule has 2 aromatic rings. The lowest BCUT2D eigenvalue weighted by atomic mass is 10.2. The van der Waals surface area contributed by atoms with Crippen molar-refractivity contribution >= 4 is 17.6 Å². The Hall–Kier alpha value is -1.69. The second-order valence-corrected chi connectivity index (χ2v) is 5.66. The summed E-state index contributed by atoms with van der Waals surface area (Å²) in [6, 6.07) is 0. The van der Waals surface area contributed by atoms with Gasteiger partial charge >= 0.3 is 0 Å². The van der Waals surface area contributed by atoms with Crippen molar-refractivity contribution in [2.24, 2.45) is 0 Å². The van der Waals surface area contributed by atoms with Crippen molar-refractivity contribution in [2.75, 3.05) is 12.4 Å². The quantitative estimate of drug-likeness (QED) is 0.692. The van der Waals surface area contributed by atoms with Crippen LogP contribution in [0, 0.1) is 34.6 Å². The Balaban J connectivity index is 2.42. The van der Waals surface area contributed by atoms with Gasteiger partial charge in [-0.15, -0.1) is 0 Å². The lowest BCUT2D eigenvalue weighted by molar-refractivity contribution is 0.871. The van der Waals surface area contributed by atoms with Crippen LogP contribution in [-0.2, 0) is 0 Å². The minimum absolute atomic E-state index is 0.730. The first-order valence-electron chi connectivity index (χ1n) is 6.45. The van der Waals surface area contributed by atoms with Gasteiger partial charge in [0.25, 0.3) is 0 Å². The van der Waals surface area contributed by atoms with Crippen molar-refractivity contribution in [1.82, 2.24) is 19.9 Å². The Labute approximate surface area is 123 Å². The molecule has 0 radical (unpaired) electrons. The highest BCUT2D eigenvalue weighted by molar-refractivity contribution is 7.99. The second kappa shape index (κ2) is 5.75. The van der Waals surface area contributed by atoms with E-state index in [1.807, 2.05) is 41.7 Å². The van der Waals surface area contributed by atoms with Gasteiger partial charge < -0.3 is 5.32 Å². The average Bonchev–Trinajstić information content (AvgIpc) is 2.39. The monoisotopic (exact) mass is 289 g/mol. The number of anilines is 1. The molecule has 0 spiro atoms. The Bertz CT molecular complexity index is 631. The minimum Gasteiger partial charge on any atom is -0.373 e. The number of hydrogen-bond acceptors (Lipinski definition) is 6. The highest BCUT2D eigenvalue weighted by Gasteiger charge is 2.12. The summed E-state index contributed by atoms with van der Waals surface area (Å²) in [5.74, 6) is 1.59. The third-order valence-corrected chi connectivity index (χ3v) is 4.21. The fourth-order valence-corrected chi connectivity index (χ4v) is 2.78. The second-order valence-electron chi connectivity index (χ2n) is 4.70. The van der Waals surface area contributed by atoms with Crippen LogP contribution in [0.3, 0.4) is 0 Å². The van der Waals surface area contributed by atoms with E-state index in [1.54, 1.807) is 0 Å². The van der Waals surface area contributed by atoms with Crippen molar-refractivity contribution in [1.29, 1.82) is 0 Å². The van der Waals surface area contributed by atoms with Crippen LogP contribution in [0.2, 0.25) is 0 Å². The van der Waals surface area contributed by atoms with Gasteiger partial charge in [0.05, 0.1) is 0 Å². The molecule has 0 aliphatic rings. The highest BCUT2D eigenvalue weighted by atomic mass is 32.2. The van der Waals surface area contributed by atoms with Crippen LogP contribution in [0.15, 0.2) is 10.2 Å². The molecule has 0 aromatic carbocycles. The van der Waals surface area contributed by atoms with Gasteiger partial charge in [-0.3, -0.25) is 0 Å². The maximum absolute atomic E-state index is 4.53. The lowest BCUT2D eigenvalue weighted by Gasteiger charge is -2.11. The van der Waals surface area contributed by atoms with E-state index in [2.05, 4.69) is 25.3 Å². The molecule has 0 aliphatic carbocycles. The van der Waals surface area contributed by atoms with Gasteiger partial charge in [-0.05, 0) is 51.9 Å². The number of hydrogen-bond donors (Lipinski definition) is 1. The molecule has 0 saturated carbocycles. The molecule has 0 amide bonds. The van der Waals surface area contributed by atoms with Crippen LogP contribution in [0.5, 0.6) is 0 Å². The van der Waals surface area contributed by atoms with Crippen LogP contribution >= 0.6 is 11.8 Å². The zero-order chi connectivity index (χ0) is 14.9. The molecule has 2 heterocycles. The summed E-state index contributed by atoms with van der Waals surface area (Å²) < 4.78 is 0. The van der Waals surface area contributed by atoms with E-state index in [4.69, 9.17) is 0 Å². The van der Waals surface area contributed by atoms with E-state index >= 15 is 0 Å². The number of nitrogens with zero attached hydrogens (tertiary/aromatic N) is 4. The van der Waals surface area contributed by atoms with Crippen molar-refractivity contribution in [3.8, 4) is 0 Å². The molecule has 0 atom stereocenters. The number of aryl methyl sites for hydroxylation is 3. The maximum Gasteiger partial charge on any atom is 0.194 e. The molecule has 0 bridgehead atoms. The first kappa shape index (κ1) is 14.7. The number of rotatable bonds is 3. The van der Waals surface area contributed by atoms with Gasteiger partial charge in [-0.25, -0.2) is 19.9 Å². The SMILES string of the molecule is CNc1nc(C)nc(Sc2nc(C)c(C)c(C)n2)c1C. The van der Waals surface area contributed by atoms with E-state index < -0.39 is 0 Å². The third-order valence-electron chi connectivity index (χ3n) is 3.25. The van der Waals surface area contributed by atoms with Crippen molar-refractivity contribution in [3.05, 3.63) is 28.3 Å². The van der Waals surface area contributed by atoms with Gasteiger partial charge in [-0.2, -0.15) is 0 Å². The average molecular weight is 289 g/mol. The molecule has 20 heavy (non-hydrogen) atoms. The van der Waals surface area contributed by atoms with Crippen LogP contribution < -0.4 is 5.32 Å². The molecule has 2 aromatic heterocycles. The predicted molar refractivity (Wildman–Crippen MR) is 81.4 cm³/mol. The molecule has 0 unspecified atom stereocenters. The standard InChI is InChI=1S/C14H19N5S/c1-7-9(3)16-14(17-10(7)4)20-13-8(2)12(15-6)18-11(5)19-13/h1-6H3,(H,15,18,19). The zero-order valence-electron chi connectivity index (χ0n) is 12.7. The molecule has 0 fully saturated rings. The summed E-state index contributed by atoms with van der Waals surface area (Å²) in [5.41, 5.74) is 4.18. The molecule has 6 heteroatoms. The van der Waals surface area contributed by atoms with Gasteiger partial charge in [0.1, 0.15) is 16.7 Å². The van der Waals surface area contributed by atoms with Gasteiger partial charge in [0, 0.05) is 24.0 Å². The summed E-state index contributed by atoms with van der Waals surface area (Å²) >= 11 is 1.48. The molecule has 0 saturated heterocycles. The minimum atomic E-state index is 0.730. The lowest BCUT2D eigenvalue weighted by Crippen LogP contribution is -2.03. The normalized spacial score (nSPS) is 10.7. The Kier molecular flexibility index (Phi) is 4.23. The van der Waals surface area contributed by atoms with E-state index in [9.17, 15) is 0 Å². The van der Waals surface area contributed by atoms with Crippen molar-refractivity contribution in [2.45, 2.75) is 44.8 Å². The molecule has 1 N–H and O–H groups in total. The van der Waals surface area contributed by atoms with Gasteiger partial charge in [0.2, 0.25) is 0 Å². The Morgan fingerprint density at radius 2 is 1.40 bits per heavy atom. The van der Waals surface area contributed by atoms with E-state index in [1.165, 1.54) is 11.8 Å². The van der Waals surface area contributed by atoms with Crippen LogP contribution in [-0.4, -0.2) is 27.0 Å². The smallest absolute Gasteiger partial charge is 0.194 e. The van der Waals surface area contributed by atoms with E-state index in [0.717, 1.165) is 44.3 Å². The fourth-order valence-electron chi connectivity index (χ4n) is 1.82. The third kappa shape index (κ3) is 2.90. The fraction of sp³-hybridized carbons (Fsp3) is 0.429. The van der Waals surface area contributed by atoms with Crippen LogP contribution in [0.25, 0.3) is 0 Å². The summed E-state index contributed by atoms with van der Waals surface area (Å²) in [7, 11) is 1.86. The van der Waals surface area contributed by atoms with E-state index in [-0.39, 0.29) is 0 Å². The highest BCUT2D eigenvalue weighted by Crippen LogP contribution is 2.29. The summed E-state index contributed by atoms with van der Waals surface area (Å²) in [5, 5.41) is 4.71. The van der Waals surface area contributed by atoms with Gasteiger partial charge in [-0.1, -0.05) is 0 Å². The number of aromatic nitrogens is 4. The first-order chi connectivity index (χ1) is 9.42. The number of nitrogens with one attached hydrogen (secondary N) is 1. The summed E-state index contributed by atoms with van der Waals surface area (Å²) in [6.45, 7) is 9.94. The zero-order valence-corrected chi connectivity index (χ0v) is 13.5. The molecular formula is C14H19N5S. The Morgan fingerprint density at radius 3 is 1.95 bits per heavy atom. The largest absolute Gasteiger partial charge is 0.373 e. The molecule has 106 valence electrons. The predicted octanol–water partition coefficient (Wildman–Crippen LogP) is 3.00. The van der Waals surface area contributed by atoms with Crippen molar-refractivity contribution < 1.29 is 0 Å². The maximum atomic E-state index is 4.53. The van der Waals surface area contributed by atoms with Crippen molar-refractivity contribution in [3.63, 3.8) is 0 Å². The van der Waals surface area contributed by atoms with Gasteiger partial charge in [0.15, 0.2) is 5.16 Å². The molecular weight excluding hydrogens is 270 g/mol. The summed E-state index contributed by atoms with van der Waals surface area (Å²) in [4.78, 5) is 17.9. The first-order valence-corrected chi connectivity index (χ1v) is 7.26. The Morgan fingerprint density at radius 1 is 0.800 bits per heavy atom. The molecule has 0 aliphatic heterocycles. The molecule has 5 nitrogen and oxygen atoms in total. The van der Waals surface area contributed by atoms with Crippen LogP contribution in [0.1, 0.15) is 28.3 Å². The molecule has 2 rings (SSSR count). The van der Waals surface area contributed by atoms with E-state index in [0.29, 0.717) is 0 Å². The topological polar surface area (TPSA) is 63.6 Å².